The highest BCUT2D eigenvalue weighted by Gasteiger charge is 2.33. The molecule has 0 amide bonds. The van der Waals surface area contributed by atoms with E-state index in [0.29, 0.717) is 5.75 Å². The maximum absolute atomic E-state index is 11.9. The molecule has 2 rings (SSSR count). The van der Waals surface area contributed by atoms with Gasteiger partial charge in [0.25, 0.3) is 0 Å². The molecule has 1 N–H and O–H groups in total. The zero-order chi connectivity index (χ0) is 13.3. The van der Waals surface area contributed by atoms with Crippen molar-refractivity contribution in [1.29, 1.82) is 0 Å². The van der Waals surface area contributed by atoms with Crippen molar-refractivity contribution in [2.75, 3.05) is 13.7 Å². The quantitative estimate of drug-likeness (QED) is 0.854. The van der Waals surface area contributed by atoms with Gasteiger partial charge in [0.05, 0.1) is 13.7 Å². The maximum atomic E-state index is 11.9. The predicted octanol–water partition coefficient (Wildman–Crippen LogP) is 3.11. The third-order valence-corrected chi connectivity index (χ3v) is 3.32. The van der Waals surface area contributed by atoms with Gasteiger partial charge in [-0.1, -0.05) is 11.6 Å². The van der Waals surface area contributed by atoms with Gasteiger partial charge in [0.2, 0.25) is 0 Å². The molecule has 0 spiro atoms. The van der Waals surface area contributed by atoms with Crippen LogP contribution in [0.3, 0.4) is 0 Å². The van der Waals surface area contributed by atoms with Crippen molar-refractivity contribution in [3.8, 4) is 11.5 Å². The highest BCUT2D eigenvalue weighted by molar-refractivity contribution is 6.34. The van der Waals surface area contributed by atoms with Gasteiger partial charge in [-0.2, -0.15) is 0 Å². The summed E-state index contributed by atoms with van der Waals surface area (Å²) in [5.41, 5.74) is 0.928. The monoisotopic (exact) mass is 270 g/mol. The molecule has 0 aromatic heterocycles. The molecule has 18 heavy (non-hydrogen) atoms. The molecule has 1 aromatic carbocycles. The van der Waals surface area contributed by atoms with Crippen molar-refractivity contribution in [2.24, 2.45) is 0 Å². The third kappa shape index (κ3) is 2.25. The fourth-order valence-electron chi connectivity index (χ4n) is 1.92. The van der Waals surface area contributed by atoms with Crippen molar-refractivity contribution in [1.82, 2.24) is 0 Å². The van der Waals surface area contributed by atoms with Gasteiger partial charge in [0.1, 0.15) is 16.3 Å². The van der Waals surface area contributed by atoms with Crippen molar-refractivity contribution in [2.45, 2.75) is 25.7 Å². The van der Waals surface area contributed by atoms with Gasteiger partial charge < -0.3 is 14.6 Å². The Kier molecular flexibility index (Phi) is 3.66. The molecular weight excluding hydrogens is 256 g/mol. The fraction of sp³-hybridized carbons (Fsp3) is 0.462. The zero-order valence-corrected chi connectivity index (χ0v) is 11.1. The number of carbonyl (C=O) groups is 1. The molecule has 0 saturated heterocycles. The molecule has 4 nitrogen and oxygen atoms in total. The van der Waals surface area contributed by atoms with Crippen LogP contribution in [0.15, 0.2) is 6.07 Å². The summed E-state index contributed by atoms with van der Waals surface area (Å²) in [5, 5.41) is 10.1. The minimum atomic E-state index is -0.540. The SMILES string of the molecule is CCOC(=O)c1c(C2CC2)cc(OC)c(Cl)c1O. The van der Waals surface area contributed by atoms with Gasteiger partial charge in [0, 0.05) is 0 Å². The van der Waals surface area contributed by atoms with Gasteiger partial charge in [-0.15, -0.1) is 0 Å². The predicted molar refractivity (Wildman–Crippen MR) is 67.6 cm³/mol. The summed E-state index contributed by atoms with van der Waals surface area (Å²) < 4.78 is 10.1. The number of halogens is 1. The normalized spacial score (nSPS) is 14.4. The Morgan fingerprint density at radius 1 is 1.56 bits per heavy atom. The van der Waals surface area contributed by atoms with Crippen LogP contribution in [0.1, 0.15) is 41.6 Å². The average molecular weight is 271 g/mol. The van der Waals surface area contributed by atoms with Crippen LogP contribution < -0.4 is 4.74 Å². The van der Waals surface area contributed by atoms with Crippen molar-refractivity contribution in [3.05, 3.63) is 22.2 Å². The van der Waals surface area contributed by atoms with Gasteiger partial charge >= 0.3 is 5.97 Å². The second-order valence-electron chi connectivity index (χ2n) is 4.20. The Morgan fingerprint density at radius 3 is 2.72 bits per heavy atom. The van der Waals surface area contributed by atoms with E-state index in [2.05, 4.69) is 0 Å². The number of phenols is 1. The lowest BCUT2D eigenvalue weighted by atomic mass is 10.0. The van der Waals surface area contributed by atoms with Crippen LogP contribution in [0.5, 0.6) is 11.5 Å². The summed E-state index contributed by atoms with van der Waals surface area (Å²) in [4.78, 5) is 11.9. The molecule has 5 heteroatoms. The molecule has 0 radical (unpaired) electrons. The molecule has 1 aliphatic carbocycles. The first kappa shape index (κ1) is 13.0. The van der Waals surface area contributed by atoms with Crippen LogP contribution >= 0.6 is 11.6 Å². The number of hydrogen-bond donors (Lipinski definition) is 1. The summed E-state index contributed by atoms with van der Waals surface area (Å²) in [6.45, 7) is 1.98. The number of hydrogen-bond acceptors (Lipinski definition) is 4. The van der Waals surface area contributed by atoms with E-state index in [1.165, 1.54) is 7.11 Å². The molecule has 1 aromatic rings. The van der Waals surface area contributed by atoms with E-state index in [9.17, 15) is 9.90 Å². The molecule has 1 aliphatic rings. The second-order valence-corrected chi connectivity index (χ2v) is 4.58. The average Bonchev–Trinajstić information content (AvgIpc) is 3.16. The largest absolute Gasteiger partial charge is 0.505 e. The number of rotatable bonds is 4. The van der Waals surface area contributed by atoms with Crippen LogP contribution in [0, 0.1) is 0 Å². The van der Waals surface area contributed by atoms with Crippen LogP contribution in [0.25, 0.3) is 0 Å². The Balaban J connectivity index is 2.54. The molecule has 1 fully saturated rings. The van der Waals surface area contributed by atoms with Gasteiger partial charge in [-0.25, -0.2) is 4.79 Å². The lowest BCUT2D eigenvalue weighted by Gasteiger charge is -2.14. The van der Waals surface area contributed by atoms with Crippen molar-refractivity contribution < 1.29 is 19.4 Å². The summed E-state index contributed by atoms with van der Waals surface area (Å²) >= 11 is 5.96. The Morgan fingerprint density at radius 2 is 2.22 bits per heavy atom. The number of ether oxygens (including phenoxy) is 2. The zero-order valence-electron chi connectivity index (χ0n) is 10.3. The van der Waals surface area contributed by atoms with Gasteiger partial charge in [0.15, 0.2) is 5.75 Å². The Bertz CT molecular complexity index is 480. The van der Waals surface area contributed by atoms with E-state index >= 15 is 0 Å². The van der Waals surface area contributed by atoms with E-state index in [0.717, 1.165) is 18.4 Å². The molecule has 98 valence electrons. The lowest BCUT2D eigenvalue weighted by molar-refractivity contribution is 0.0521. The minimum absolute atomic E-state index is 0.0463. The topological polar surface area (TPSA) is 55.8 Å². The smallest absolute Gasteiger partial charge is 0.342 e. The molecular formula is C13H15ClO4. The van der Waals surface area contributed by atoms with E-state index in [1.807, 2.05) is 0 Å². The number of phenolic OH excluding ortho intramolecular Hbond substituents is 1. The second kappa shape index (κ2) is 5.06. The minimum Gasteiger partial charge on any atom is -0.505 e. The van der Waals surface area contributed by atoms with Gasteiger partial charge in [-0.05, 0) is 37.3 Å². The standard InChI is InChI=1S/C13H15ClO4/c1-3-18-13(16)10-8(7-4-5-7)6-9(17-2)11(14)12(10)15/h6-7,15H,3-5H2,1-2H3. The molecule has 0 unspecified atom stereocenters. The summed E-state index contributed by atoms with van der Waals surface area (Å²) in [7, 11) is 1.47. The van der Waals surface area contributed by atoms with Crippen molar-refractivity contribution >= 4 is 17.6 Å². The first-order valence-electron chi connectivity index (χ1n) is 5.86. The fourth-order valence-corrected chi connectivity index (χ4v) is 2.15. The summed E-state index contributed by atoms with van der Waals surface area (Å²) in [6, 6.07) is 1.71. The maximum Gasteiger partial charge on any atom is 0.342 e. The third-order valence-electron chi connectivity index (χ3n) is 2.95. The van der Waals surface area contributed by atoms with E-state index in [-0.39, 0.29) is 28.9 Å². The summed E-state index contributed by atoms with van der Waals surface area (Å²) in [6.07, 6.45) is 1.99. The van der Waals surface area contributed by atoms with E-state index in [1.54, 1.807) is 13.0 Å². The van der Waals surface area contributed by atoms with Crippen LogP contribution in [0.4, 0.5) is 0 Å². The number of carbonyl (C=O) groups excluding carboxylic acids is 1. The van der Waals surface area contributed by atoms with Crippen LogP contribution in [-0.4, -0.2) is 24.8 Å². The number of esters is 1. The van der Waals surface area contributed by atoms with Gasteiger partial charge in [-0.3, -0.25) is 0 Å². The molecule has 0 atom stereocenters. The Hall–Kier alpha value is -1.42. The highest BCUT2D eigenvalue weighted by Crippen LogP contribution is 2.48. The molecule has 1 saturated carbocycles. The first-order chi connectivity index (χ1) is 8.60. The number of methoxy groups -OCH3 is 1. The number of benzene rings is 1. The van der Waals surface area contributed by atoms with E-state index < -0.39 is 5.97 Å². The first-order valence-corrected chi connectivity index (χ1v) is 6.24. The van der Waals surface area contributed by atoms with Crippen molar-refractivity contribution in [3.63, 3.8) is 0 Å². The molecule has 0 aliphatic heterocycles. The molecule has 0 heterocycles. The molecule has 0 bridgehead atoms. The highest BCUT2D eigenvalue weighted by atomic mass is 35.5. The van der Waals surface area contributed by atoms with E-state index in [4.69, 9.17) is 21.1 Å². The van der Waals surface area contributed by atoms with Crippen LogP contribution in [-0.2, 0) is 4.74 Å². The number of aromatic hydroxyl groups is 1. The van der Waals surface area contributed by atoms with Crippen LogP contribution in [0.2, 0.25) is 5.02 Å². The lowest BCUT2D eigenvalue weighted by Crippen LogP contribution is -2.09. The Labute approximate surface area is 110 Å². The summed E-state index contributed by atoms with van der Waals surface area (Å²) in [5.74, 6) is -0.136.